The highest BCUT2D eigenvalue weighted by molar-refractivity contribution is 6.05. The minimum atomic E-state index is -0.794. The fourth-order valence-electron chi connectivity index (χ4n) is 4.02. The average Bonchev–Trinajstić information content (AvgIpc) is 3.30. The van der Waals surface area contributed by atoms with Crippen LogP contribution < -0.4 is 5.32 Å². The number of unbranched alkanes of at least 4 members (excludes halogenated alkanes) is 1. The van der Waals surface area contributed by atoms with Crippen molar-refractivity contribution in [2.45, 2.75) is 58.4 Å². The number of nitrogens with zero attached hydrogens (tertiary/aromatic N) is 4. The van der Waals surface area contributed by atoms with Crippen LogP contribution in [-0.4, -0.2) is 58.2 Å². The highest BCUT2D eigenvalue weighted by Gasteiger charge is 2.38. The van der Waals surface area contributed by atoms with Gasteiger partial charge in [0, 0.05) is 12.7 Å². The van der Waals surface area contributed by atoms with Gasteiger partial charge in [0.1, 0.15) is 11.7 Å². The lowest BCUT2D eigenvalue weighted by Gasteiger charge is -2.30. The van der Waals surface area contributed by atoms with E-state index in [1.54, 1.807) is 12.1 Å². The Bertz CT molecular complexity index is 795. The van der Waals surface area contributed by atoms with E-state index < -0.39 is 23.8 Å². The first-order chi connectivity index (χ1) is 15.4. The Morgan fingerprint density at radius 3 is 2.78 bits per heavy atom. The van der Waals surface area contributed by atoms with E-state index in [0.717, 1.165) is 19.3 Å². The second kappa shape index (κ2) is 12.6. The molecular formula is C22H31N5O5. The molecule has 1 aliphatic heterocycles. The maximum Gasteiger partial charge on any atom is 0.276 e. The van der Waals surface area contributed by atoms with E-state index >= 15 is 0 Å². The van der Waals surface area contributed by atoms with Crippen LogP contribution in [0.4, 0.5) is 0 Å². The highest BCUT2D eigenvalue weighted by Crippen LogP contribution is 2.25. The molecule has 1 aliphatic rings. The number of nitroso groups, excluding NO2 is 1. The third-order valence-corrected chi connectivity index (χ3v) is 5.69. The molecule has 1 saturated heterocycles. The van der Waals surface area contributed by atoms with E-state index in [0.29, 0.717) is 37.2 Å². The smallest absolute Gasteiger partial charge is 0.276 e. The Labute approximate surface area is 187 Å². The van der Waals surface area contributed by atoms with Crippen LogP contribution in [0, 0.1) is 16.7 Å². The molecule has 1 aromatic rings. The number of nitrogens with one attached hydrogen (secondary N) is 1. The quantitative estimate of drug-likeness (QED) is 0.227. The van der Waals surface area contributed by atoms with E-state index in [4.69, 9.17) is 0 Å². The summed E-state index contributed by atoms with van der Waals surface area (Å²) in [5, 5.41) is 5.66. The molecular weight excluding hydrogens is 414 g/mol. The second-order valence-electron chi connectivity index (χ2n) is 8.21. The van der Waals surface area contributed by atoms with Crippen LogP contribution in [0.2, 0.25) is 0 Å². The first kappa shape index (κ1) is 25.1. The van der Waals surface area contributed by atoms with Crippen LogP contribution in [0.3, 0.4) is 0 Å². The van der Waals surface area contributed by atoms with Gasteiger partial charge < -0.3 is 4.90 Å². The predicted octanol–water partition coefficient (Wildman–Crippen LogP) is 2.30. The molecule has 1 aromatic heterocycles. The summed E-state index contributed by atoms with van der Waals surface area (Å²) in [7, 11) is 0. The lowest BCUT2D eigenvalue weighted by molar-refractivity contribution is -0.142. The van der Waals surface area contributed by atoms with Crippen molar-refractivity contribution in [1.29, 1.82) is 0 Å². The monoisotopic (exact) mass is 445 g/mol. The van der Waals surface area contributed by atoms with E-state index in [-0.39, 0.29) is 24.1 Å². The van der Waals surface area contributed by atoms with Crippen LogP contribution in [0.5, 0.6) is 0 Å². The van der Waals surface area contributed by atoms with E-state index in [2.05, 4.69) is 22.5 Å². The lowest BCUT2D eigenvalue weighted by Crippen LogP contribution is -2.50. The van der Waals surface area contributed by atoms with Crippen molar-refractivity contribution in [2.24, 2.45) is 17.1 Å². The van der Waals surface area contributed by atoms with Crippen LogP contribution in [0.25, 0.3) is 0 Å². The number of carbonyl (C=O) groups excluding carboxylic acids is 4. The van der Waals surface area contributed by atoms with E-state index in [1.807, 2.05) is 6.92 Å². The number of hydrogen-bond acceptors (Lipinski definition) is 7. The molecule has 0 spiro atoms. The van der Waals surface area contributed by atoms with Gasteiger partial charge >= 0.3 is 0 Å². The van der Waals surface area contributed by atoms with Crippen LogP contribution in [0.15, 0.2) is 29.7 Å². The molecule has 0 radical (unpaired) electrons. The Morgan fingerprint density at radius 2 is 2.16 bits per heavy atom. The van der Waals surface area contributed by atoms with Gasteiger partial charge in [0.05, 0.1) is 17.7 Å². The number of aromatic nitrogens is 1. The van der Waals surface area contributed by atoms with E-state index in [1.165, 1.54) is 17.2 Å². The number of rotatable bonds is 12. The number of carbonyl (C=O) groups is 4. The number of imide groups is 1. The van der Waals surface area contributed by atoms with Crippen molar-refractivity contribution in [3.05, 3.63) is 35.0 Å². The van der Waals surface area contributed by atoms with Gasteiger partial charge in [-0.15, -0.1) is 4.91 Å². The topological polar surface area (TPSA) is 129 Å². The fourth-order valence-corrected chi connectivity index (χ4v) is 4.02. The molecule has 10 nitrogen and oxygen atoms in total. The number of amides is 4. The lowest BCUT2D eigenvalue weighted by atomic mass is 9.90. The molecule has 0 bridgehead atoms. The molecule has 10 heteroatoms. The van der Waals surface area contributed by atoms with Crippen LogP contribution in [0.1, 0.15) is 62.9 Å². The summed E-state index contributed by atoms with van der Waals surface area (Å²) in [6.45, 7) is 4.33. The molecule has 4 amide bonds. The van der Waals surface area contributed by atoms with Gasteiger partial charge in [-0.3, -0.25) is 29.5 Å². The van der Waals surface area contributed by atoms with Crippen molar-refractivity contribution >= 4 is 24.1 Å². The third kappa shape index (κ3) is 6.93. The number of hydrogen-bond donors (Lipinski definition) is 1. The van der Waals surface area contributed by atoms with Gasteiger partial charge in [0.2, 0.25) is 18.2 Å². The van der Waals surface area contributed by atoms with Crippen LogP contribution >= 0.6 is 0 Å². The first-order valence-corrected chi connectivity index (χ1v) is 11.0. The van der Waals surface area contributed by atoms with Crippen molar-refractivity contribution < 1.29 is 19.2 Å². The molecule has 0 aromatic carbocycles. The molecule has 0 saturated carbocycles. The fraction of sp³-hybridized carbons (Fsp3) is 0.591. The molecule has 0 aliphatic carbocycles. The Balaban J connectivity index is 2.11. The number of pyridine rings is 1. The minimum Gasteiger partial charge on any atom is -0.330 e. The summed E-state index contributed by atoms with van der Waals surface area (Å²) in [5.41, 5.74) is 0.109. The molecule has 3 atom stereocenters. The summed E-state index contributed by atoms with van der Waals surface area (Å²) in [6.07, 6.45) is 6.21. The zero-order valence-corrected chi connectivity index (χ0v) is 18.6. The maximum absolute atomic E-state index is 13.4. The zero-order valence-electron chi connectivity index (χ0n) is 18.6. The predicted molar refractivity (Wildman–Crippen MR) is 117 cm³/mol. The van der Waals surface area contributed by atoms with E-state index in [9.17, 15) is 24.1 Å². The SMILES string of the molecule is CCCCC(C)CC(CN(C=O)N=O)C(=O)N1CCCC1C(=O)NC(=O)c1ccccn1. The summed E-state index contributed by atoms with van der Waals surface area (Å²) >= 11 is 0. The summed E-state index contributed by atoms with van der Waals surface area (Å²) in [6, 6.07) is 4.00. The Morgan fingerprint density at radius 1 is 1.38 bits per heavy atom. The van der Waals surface area contributed by atoms with Gasteiger partial charge in [0.25, 0.3) is 5.91 Å². The second-order valence-corrected chi connectivity index (χ2v) is 8.21. The summed E-state index contributed by atoms with van der Waals surface area (Å²) in [4.78, 5) is 65.8. The standard InChI is InChI=1S/C22H31N5O5/c1-3-4-8-16(2)13-17(14-26(15-28)25-32)22(31)27-12-7-10-19(27)21(30)24-20(29)18-9-5-6-11-23-18/h5-6,9,11,15-17,19H,3-4,7-8,10,12-14H2,1-2H3,(H,24,29,30). The normalized spacial score (nSPS) is 17.3. The van der Waals surface area contributed by atoms with Gasteiger partial charge in [-0.05, 0) is 37.3 Å². The molecule has 2 rings (SSSR count). The van der Waals surface area contributed by atoms with Crippen molar-refractivity contribution in [2.75, 3.05) is 13.1 Å². The third-order valence-electron chi connectivity index (χ3n) is 5.69. The summed E-state index contributed by atoms with van der Waals surface area (Å²) in [5.74, 6) is -1.97. The summed E-state index contributed by atoms with van der Waals surface area (Å²) < 4.78 is 0. The van der Waals surface area contributed by atoms with Gasteiger partial charge in [-0.2, -0.15) is 5.01 Å². The maximum atomic E-state index is 13.4. The highest BCUT2D eigenvalue weighted by atomic mass is 16.3. The first-order valence-electron chi connectivity index (χ1n) is 11.0. The van der Waals surface area contributed by atoms with Crippen molar-refractivity contribution in [3.63, 3.8) is 0 Å². The average molecular weight is 446 g/mol. The molecule has 2 heterocycles. The molecule has 1 N–H and O–H groups in total. The Kier molecular flexibility index (Phi) is 9.90. The Hall–Kier alpha value is -3.17. The number of likely N-dealkylation sites (tertiary alicyclic amines) is 1. The van der Waals surface area contributed by atoms with Crippen LogP contribution in [-0.2, 0) is 14.4 Å². The molecule has 1 fully saturated rings. The van der Waals surface area contributed by atoms with Gasteiger partial charge in [-0.1, -0.05) is 39.2 Å². The van der Waals surface area contributed by atoms with Gasteiger partial charge in [-0.25, -0.2) is 0 Å². The largest absolute Gasteiger partial charge is 0.330 e. The zero-order chi connectivity index (χ0) is 23.5. The van der Waals surface area contributed by atoms with Crippen molar-refractivity contribution in [3.8, 4) is 0 Å². The molecule has 32 heavy (non-hydrogen) atoms. The molecule has 3 unspecified atom stereocenters. The van der Waals surface area contributed by atoms with Crippen molar-refractivity contribution in [1.82, 2.24) is 20.2 Å². The minimum absolute atomic E-state index is 0.109. The van der Waals surface area contributed by atoms with Gasteiger partial charge in [0.15, 0.2) is 0 Å². The molecule has 174 valence electrons.